The van der Waals surface area contributed by atoms with Gasteiger partial charge in [0.25, 0.3) is 0 Å². The molecule has 0 atom stereocenters. The Morgan fingerprint density at radius 3 is 2.79 bits per heavy atom. The minimum absolute atomic E-state index is 0.271. The van der Waals surface area contributed by atoms with E-state index in [4.69, 9.17) is 17.3 Å². The number of halogens is 1. The number of aromatic nitrogens is 2. The van der Waals surface area contributed by atoms with Gasteiger partial charge in [0, 0.05) is 31.0 Å². The van der Waals surface area contributed by atoms with E-state index in [2.05, 4.69) is 4.98 Å². The lowest BCUT2D eigenvalue weighted by atomic mass is 10.2. The number of hydrogen-bond donors (Lipinski definition) is 1. The molecule has 0 unspecified atom stereocenters. The Hall–Kier alpha value is -1.59. The predicted octanol–water partition coefficient (Wildman–Crippen LogP) is 1.46. The topological polar surface area (TPSA) is 64.2 Å². The molecule has 2 aromatic rings. The van der Waals surface area contributed by atoms with Gasteiger partial charge in [-0.3, -0.25) is 4.57 Å². The van der Waals surface area contributed by atoms with Crippen molar-refractivity contribution in [2.75, 3.05) is 25.5 Å². The molecule has 0 fully saturated rings. The maximum atomic E-state index is 12.1. The first-order chi connectivity index (χ1) is 9.04. The molecular formula is C13H17ClN4O. The van der Waals surface area contributed by atoms with E-state index in [1.54, 1.807) is 16.7 Å². The fourth-order valence-corrected chi connectivity index (χ4v) is 2.20. The number of rotatable bonds is 4. The minimum atomic E-state index is -0.271. The van der Waals surface area contributed by atoms with E-state index >= 15 is 0 Å². The van der Waals surface area contributed by atoms with E-state index in [0.717, 1.165) is 17.3 Å². The van der Waals surface area contributed by atoms with E-state index < -0.39 is 0 Å². The molecule has 0 aliphatic heterocycles. The Kier molecular flexibility index (Phi) is 4.07. The zero-order chi connectivity index (χ0) is 14.0. The third kappa shape index (κ3) is 2.72. The molecule has 1 heterocycles. The van der Waals surface area contributed by atoms with E-state index in [0.29, 0.717) is 23.9 Å². The Morgan fingerprint density at radius 1 is 1.42 bits per heavy atom. The summed E-state index contributed by atoms with van der Waals surface area (Å²) in [4.78, 5) is 18.1. The summed E-state index contributed by atoms with van der Waals surface area (Å²) in [6, 6.07) is 5.48. The molecule has 6 heteroatoms. The van der Waals surface area contributed by atoms with Crippen LogP contribution in [0.4, 0.5) is 5.82 Å². The van der Waals surface area contributed by atoms with E-state index in [1.807, 2.05) is 25.1 Å². The molecule has 1 aromatic heterocycles. The van der Waals surface area contributed by atoms with Crippen LogP contribution in [0.15, 0.2) is 23.0 Å². The molecule has 19 heavy (non-hydrogen) atoms. The van der Waals surface area contributed by atoms with Crippen LogP contribution in [-0.2, 0) is 6.54 Å². The van der Waals surface area contributed by atoms with Crippen molar-refractivity contribution in [1.29, 1.82) is 0 Å². The average Bonchev–Trinajstić information content (AvgIpc) is 2.36. The number of nitrogens with zero attached hydrogens (tertiary/aromatic N) is 3. The summed E-state index contributed by atoms with van der Waals surface area (Å²) in [6.45, 7) is 1.08. The van der Waals surface area contributed by atoms with Crippen LogP contribution >= 0.6 is 11.6 Å². The first-order valence-electron chi connectivity index (χ1n) is 6.12. The van der Waals surface area contributed by atoms with Gasteiger partial charge in [-0.15, -0.1) is 0 Å². The first kappa shape index (κ1) is 13.8. The number of fused-ring (bicyclic) bond motifs is 1. The van der Waals surface area contributed by atoms with Gasteiger partial charge < -0.3 is 10.6 Å². The van der Waals surface area contributed by atoms with Crippen molar-refractivity contribution in [3.8, 4) is 0 Å². The summed E-state index contributed by atoms with van der Waals surface area (Å²) < 4.78 is 1.63. The minimum Gasteiger partial charge on any atom is -0.362 e. The molecule has 0 aliphatic rings. The lowest BCUT2D eigenvalue weighted by Crippen LogP contribution is -2.27. The van der Waals surface area contributed by atoms with Crippen LogP contribution in [0.5, 0.6) is 0 Å². The second kappa shape index (κ2) is 5.59. The summed E-state index contributed by atoms with van der Waals surface area (Å²) in [7, 11) is 3.72. The molecule has 102 valence electrons. The summed E-state index contributed by atoms with van der Waals surface area (Å²) in [6.07, 6.45) is 0.727. The van der Waals surface area contributed by atoms with Gasteiger partial charge in [0.2, 0.25) is 0 Å². The van der Waals surface area contributed by atoms with Gasteiger partial charge in [-0.25, -0.2) is 4.79 Å². The molecule has 2 rings (SSSR count). The van der Waals surface area contributed by atoms with Crippen LogP contribution in [0.2, 0.25) is 5.02 Å². The van der Waals surface area contributed by atoms with Crippen molar-refractivity contribution in [2.24, 2.45) is 5.73 Å². The normalized spacial score (nSPS) is 10.9. The van der Waals surface area contributed by atoms with E-state index in [9.17, 15) is 4.79 Å². The van der Waals surface area contributed by atoms with Gasteiger partial charge >= 0.3 is 5.69 Å². The summed E-state index contributed by atoms with van der Waals surface area (Å²) in [5, 5.41) is 1.51. The van der Waals surface area contributed by atoms with Crippen LogP contribution in [0.1, 0.15) is 6.42 Å². The number of nitrogens with two attached hydrogens (primary N) is 1. The molecule has 5 nitrogen and oxygen atoms in total. The molecular weight excluding hydrogens is 264 g/mol. The Bertz CT molecular complexity index is 651. The highest BCUT2D eigenvalue weighted by molar-refractivity contribution is 6.31. The first-order valence-corrected chi connectivity index (χ1v) is 6.50. The zero-order valence-electron chi connectivity index (χ0n) is 11.1. The highest BCUT2D eigenvalue weighted by Crippen LogP contribution is 2.24. The van der Waals surface area contributed by atoms with Crippen molar-refractivity contribution < 1.29 is 0 Å². The Morgan fingerprint density at radius 2 is 2.16 bits per heavy atom. The van der Waals surface area contributed by atoms with Crippen molar-refractivity contribution >= 4 is 28.3 Å². The van der Waals surface area contributed by atoms with Gasteiger partial charge in [0.05, 0.1) is 5.52 Å². The lowest BCUT2D eigenvalue weighted by Gasteiger charge is -2.17. The van der Waals surface area contributed by atoms with Crippen LogP contribution in [-0.4, -0.2) is 30.2 Å². The van der Waals surface area contributed by atoms with Crippen molar-refractivity contribution in [1.82, 2.24) is 9.55 Å². The van der Waals surface area contributed by atoms with Crippen molar-refractivity contribution in [3.05, 3.63) is 33.7 Å². The van der Waals surface area contributed by atoms with E-state index in [-0.39, 0.29) is 5.69 Å². The Labute approximate surface area is 116 Å². The van der Waals surface area contributed by atoms with Gasteiger partial charge in [0.15, 0.2) is 0 Å². The molecule has 0 amide bonds. The van der Waals surface area contributed by atoms with Crippen LogP contribution in [0.25, 0.3) is 10.9 Å². The fraction of sp³-hybridized carbons (Fsp3) is 0.385. The number of hydrogen-bond acceptors (Lipinski definition) is 4. The van der Waals surface area contributed by atoms with Crippen molar-refractivity contribution in [3.63, 3.8) is 0 Å². The van der Waals surface area contributed by atoms with E-state index in [1.165, 1.54) is 0 Å². The zero-order valence-corrected chi connectivity index (χ0v) is 11.8. The highest BCUT2D eigenvalue weighted by atomic mass is 35.5. The number of aryl methyl sites for hydroxylation is 1. The standard InChI is InChI=1S/C13H17ClN4O/c1-17(2)12-10-5-4-9(14)8-11(10)18(7-3-6-15)13(19)16-12/h4-5,8H,3,6-7,15H2,1-2H3. The second-order valence-electron chi connectivity index (χ2n) is 4.57. The van der Waals surface area contributed by atoms with Crippen LogP contribution in [0, 0.1) is 0 Å². The second-order valence-corrected chi connectivity index (χ2v) is 5.00. The Balaban J connectivity index is 2.74. The molecule has 0 saturated heterocycles. The largest absolute Gasteiger partial charge is 0.362 e. The lowest BCUT2D eigenvalue weighted by molar-refractivity contribution is 0.635. The number of benzene rings is 1. The summed E-state index contributed by atoms with van der Waals surface area (Å²) in [5.41, 5.74) is 6.03. The smallest absolute Gasteiger partial charge is 0.350 e. The maximum Gasteiger partial charge on any atom is 0.350 e. The maximum absolute atomic E-state index is 12.1. The SMILES string of the molecule is CN(C)c1nc(=O)n(CCCN)c2cc(Cl)ccc12. The molecule has 2 N–H and O–H groups in total. The molecule has 1 aromatic carbocycles. The van der Waals surface area contributed by atoms with Gasteiger partial charge in [0.1, 0.15) is 5.82 Å². The monoisotopic (exact) mass is 280 g/mol. The summed E-state index contributed by atoms with van der Waals surface area (Å²) in [5.74, 6) is 0.653. The molecule has 0 spiro atoms. The molecule has 0 saturated carbocycles. The van der Waals surface area contributed by atoms with Crippen molar-refractivity contribution in [2.45, 2.75) is 13.0 Å². The predicted molar refractivity (Wildman–Crippen MR) is 79.0 cm³/mol. The molecule has 0 radical (unpaired) electrons. The molecule has 0 aliphatic carbocycles. The third-order valence-corrected chi connectivity index (χ3v) is 3.17. The third-order valence-electron chi connectivity index (χ3n) is 2.93. The van der Waals surface area contributed by atoms with Crippen LogP contribution in [0.3, 0.4) is 0 Å². The highest BCUT2D eigenvalue weighted by Gasteiger charge is 2.11. The summed E-state index contributed by atoms with van der Waals surface area (Å²) >= 11 is 6.03. The van der Waals surface area contributed by atoms with Crippen LogP contribution < -0.4 is 16.3 Å². The van der Waals surface area contributed by atoms with Gasteiger partial charge in [-0.05, 0) is 31.2 Å². The van der Waals surface area contributed by atoms with Gasteiger partial charge in [-0.1, -0.05) is 11.6 Å². The quantitative estimate of drug-likeness (QED) is 0.921. The average molecular weight is 281 g/mol. The van der Waals surface area contributed by atoms with Gasteiger partial charge in [-0.2, -0.15) is 4.98 Å². The fourth-order valence-electron chi connectivity index (χ4n) is 2.04. The number of anilines is 1. The molecule has 0 bridgehead atoms.